The highest BCUT2D eigenvalue weighted by Gasteiger charge is 2.42. The van der Waals surface area contributed by atoms with Gasteiger partial charge in [0.15, 0.2) is 0 Å². The van der Waals surface area contributed by atoms with Gasteiger partial charge in [-0.15, -0.1) is 0 Å². The van der Waals surface area contributed by atoms with Gasteiger partial charge in [-0.1, -0.05) is 54.6 Å². The highest BCUT2D eigenvalue weighted by Crippen LogP contribution is 2.39. The molecule has 0 saturated carbocycles. The van der Waals surface area contributed by atoms with E-state index < -0.39 is 5.41 Å². The van der Waals surface area contributed by atoms with Gasteiger partial charge in [0.05, 0.1) is 19.8 Å². The van der Waals surface area contributed by atoms with Crippen LogP contribution in [0.3, 0.4) is 0 Å². The van der Waals surface area contributed by atoms with Gasteiger partial charge in [-0.2, -0.15) is 0 Å². The van der Waals surface area contributed by atoms with E-state index >= 15 is 0 Å². The van der Waals surface area contributed by atoms with Crippen LogP contribution in [0.2, 0.25) is 0 Å². The second-order valence-electron chi connectivity index (χ2n) is 7.87. The molecule has 0 bridgehead atoms. The van der Waals surface area contributed by atoms with Crippen molar-refractivity contribution in [3.05, 3.63) is 84.0 Å². The predicted octanol–water partition coefficient (Wildman–Crippen LogP) is 3.66. The number of carbonyl (C=O) groups is 1. The number of allylic oxidation sites excluding steroid dienone is 3. The number of carbonyl (C=O) groups excluding carboxylic acids is 1. The zero-order valence-corrected chi connectivity index (χ0v) is 17.2. The average molecular weight is 405 g/mol. The van der Waals surface area contributed by atoms with E-state index in [1.54, 1.807) is 0 Å². The van der Waals surface area contributed by atoms with Gasteiger partial charge in [0.25, 0.3) is 0 Å². The molecule has 2 aromatic carbocycles. The molecular formula is C25H27NO4. The molecule has 156 valence electrons. The number of esters is 1. The van der Waals surface area contributed by atoms with E-state index in [9.17, 15) is 9.90 Å². The summed E-state index contributed by atoms with van der Waals surface area (Å²) in [6.07, 6.45) is 9.04. The van der Waals surface area contributed by atoms with E-state index in [4.69, 9.17) is 9.47 Å². The molecule has 1 aliphatic carbocycles. The summed E-state index contributed by atoms with van der Waals surface area (Å²) in [5, 5.41) is 10.0. The Bertz CT molecular complexity index is 953. The molecule has 0 amide bonds. The smallest absolute Gasteiger partial charge is 0.317 e. The Morgan fingerprint density at radius 1 is 1.20 bits per heavy atom. The molecule has 0 fully saturated rings. The van der Waals surface area contributed by atoms with Gasteiger partial charge in [0.2, 0.25) is 0 Å². The lowest BCUT2D eigenvalue weighted by Gasteiger charge is -2.36. The van der Waals surface area contributed by atoms with E-state index in [1.165, 1.54) is 7.11 Å². The minimum atomic E-state index is -0.749. The quantitative estimate of drug-likeness (QED) is 0.713. The fourth-order valence-corrected chi connectivity index (χ4v) is 4.28. The third-order valence-corrected chi connectivity index (χ3v) is 5.90. The van der Waals surface area contributed by atoms with Gasteiger partial charge in [0.1, 0.15) is 17.8 Å². The lowest BCUT2D eigenvalue weighted by Crippen LogP contribution is -2.47. The van der Waals surface area contributed by atoms with Crippen LogP contribution in [0.5, 0.6) is 5.75 Å². The molecule has 0 aromatic heterocycles. The van der Waals surface area contributed by atoms with Crippen LogP contribution in [0.15, 0.2) is 72.8 Å². The molecule has 5 nitrogen and oxygen atoms in total. The van der Waals surface area contributed by atoms with Crippen LogP contribution in [0, 0.1) is 5.41 Å². The molecule has 30 heavy (non-hydrogen) atoms. The van der Waals surface area contributed by atoms with Crippen molar-refractivity contribution in [2.24, 2.45) is 5.41 Å². The average Bonchev–Trinajstić information content (AvgIpc) is 3.14. The number of aliphatic hydroxyl groups is 1. The number of anilines is 1. The summed E-state index contributed by atoms with van der Waals surface area (Å²) in [7, 11) is 1.42. The molecule has 5 heteroatoms. The lowest BCUT2D eigenvalue weighted by atomic mass is 9.80. The minimum absolute atomic E-state index is 0.0195. The van der Waals surface area contributed by atoms with Gasteiger partial charge in [-0.05, 0) is 42.2 Å². The van der Waals surface area contributed by atoms with Gasteiger partial charge < -0.3 is 19.5 Å². The maximum Gasteiger partial charge on any atom is 0.317 e. The molecule has 2 aliphatic rings. The Labute approximate surface area is 177 Å². The van der Waals surface area contributed by atoms with Gasteiger partial charge in [-0.25, -0.2) is 0 Å². The first-order chi connectivity index (χ1) is 14.6. The zero-order chi connectivity index (χ0) is 21.0. The molecule has 0 radical (unpaired) electrons. The summed E-state index contributed by atoms with van der Waals surface area (Å²) >= 11 is 0. The van der Waals surface area contributed by atoms with Crippen LogP contribution in [0.4, 0.5) is 5.69 Å². The van der Waals surface area contributed by atoms with Crippen molar-refractivity contribution in [2.45, 2.75) is 25.5 Å². The first-order valence-corrected chi connectivity index (χ1v) is 10.2. The van der Waals surface area contributed by atoms with E-state index in [0.717, 1.165) is 22.6 Å². The summed E-state index contributed by atoms with van der Waals surface area (Å²) in [5.74, 6) is 0.551. The second-order valence-corrected chi connectivity index (χ2v) is 7.87. The summed E-state index contributed by atoms with van der Waals surface area (Å²) in [6, 6.07) is 16.0. The third-order valence-electron chi connectivity index (χ3n) is 5.90. The highest BCUT2D eigenvalue weighted by atomic mass is 16.5. The highest BCUT2D eigenvalue weighted by molar-refractivity contribution is 5.81. The molecule has 1 N–H and O–H groups in total. The van der Waals surface area contributed by atoms with Crippen molar-refractivity contribution >= 4 is 11.7 Å². The number of nitrogens with zero attached hydrogens (tertiary/aromatic N) is 1. The van der Waals surface area contributed by atoms with Crippen molar-refractivity contribution in [1.29, 1.82) is 0 Å². The summed E-state index contributed by atoms with van der Waals surface area (Å²) in [4.78, 5) is 14.8. The largest absolute Gasteiger partial charge is 0.489 e. The van der Waals surface area contributed by atoms with Crippen LogP contribution in [-0.4, -0.2) is 37.4 Å². The Morgan fingerprint density at radius 2 is 2.03 bits per heavy atom. The predicted molar refractivity (Wildman–Crippen MR) is 116 cm³/mol. The SMILES string of the molecule is COC(=O)C1(CN2c3ccc(OCc4ccccc4)cc3CC2CO)C=CC=CC1. The van der Waals surface area contributed by atoms with E-state index in [-0.39, 0.29) is 18.6 Å². The van der Waals surface area contributed by atoms with E-state index in [2.05, 4.69) is 4.90 Å². The fraction of sp³-hybridized carbons (Fsp3) is 0.320. The molecule has 2 aromatic rings. The van der Waals surface area contributed by atoms with Gasteiger partial charge >= 0.3 is 5.97 Å². The standard InChI is InChI=1S/C25H27NO4/c1-29-24(28)25(12-6-3-7-13-25)18-26-21(16-27)14-20-15-22(10-11-23(20)26)30-17-19-8-4-2-5-9-19/h2-12,15,21,27H,13-14,16-18H2,1H3. The van der Waals surface area contributed by atoms with Crippen molar-refractivity contribution in [2.75, 3.05) is 25.2 Å². The molecule has 1 heterocycles. The first kappa shape index (κ1) is 20.2. The Morgan fingerprint density at radius 3 is 2.73 bits per heavy atom. The maximum atomic E-state index is 12.6. The third kappa shape index (κ3) is 3.98. The Hall–Kier alpha value is -3.05. The number of fused-ring (bicyclic) bond motifs is 1. The fourth-order valence-electron chi connectivity index (χ4n) is 4.28. The first-order valence-electron chi connectivity index (χ1n) is 10.2. The normalized spacial score (nSPS) is 22.1. The number of methoxy groups -OCH3 is 1. The van der Waals surface area contributed by atoms with E-state index in [0.29, 0.717) is 26.0 Å². The number of hydrogen-bond acceptors (Lipinski definition) is 5. The lowest BCUT2D eigenvalue weighted by molar-refractivity contribution is -0.149. The van der Waals surface area contributed by atoms with Crippen molar-refractivity contribution in [1.82, 2.24) is 0 Å². The zero-order valence-electron chi connectivity index (χ0n) is 17.2. The summed E-state index contributed by atoms with van der Waals surface area (Å²) < 4.78 is 11.1. The van der Waals surface area contributed by atoms with E-state index in [1.807, 2.05) is 72.8 Å². The summed E-state index contributed by atoms with van der Waals surface area (Å²) in [6.45, 7) is 0.990. The Kier molecular flexibility index (Phi) is 5.91. The van der Waals surface area contributed by atoms with Crippen LogP contribution in [-0.2, 0) is 22.6 Å². The molecular weight excluding hydrogens is 378 g/mol. The van der Waals surface area contributed by atoms with Crippen LogP contribution < -0.4 is 9.64 Å². The van der Waals surface area contributed by atoms with Gasteiger partial charge in [-0.3, -0.25) is 4.79 Å². The van der Waals surface area contributed by atoms with Crippen molar-refractivity contribution < 1.29 is 19.4 Å². The number of rotatable bonds is 7. The number of ether oxygens (including phenoxy) is 2. The maximum absolute atomic E-state index is 12.6. The molecule has 2 atom stereocenters. The molecule has 1 aliphatic heterocycles. The van der Waals surface area contributed by atoms with Crippen molar-refractivity contribution in [3.8, 4) is 5.75 Å². The number of benzene rings is 2. The minimum Gasteiger partial charge on any atom is -0.489 e. The monoisotopic (exact) mass is 405 g/mol. The second kappa shape index (κ2) is 8.76. The van der Waals surface area contributed by atoms with Gasteiger partial charge in [0, 0.05) is 12.2 Å². The number of hydrogen-bond donors (Lipinski definition) is 1. The molecule has 0 spiro atoms. The molecule has 0 saturated heterocycles. The summed E-state index contributed by atoms with van der Waals surface area (Å²) in [5.41, 5.74) is 2.52. The van der Waals surface area contributed by atoms with Crippen LogP contribution in [0.25, 0.3) is 0 Å². The topological polar surface area (TPSA) is 59.0 Å². The van der Waals surface area contributed by atoms with Crippen molar-refractivity contribution in [3.63, 3.8) is 0 Å². The van der Waals surface area contributed by atoms with Crippen LogP contribution >= 0.6 is 0 Å². The number of aliphatic hydroxyl groups excluding tert-OH is 1. The molecule has 2 unspecified atom stereocenters. The Balaban J connectivity index is 1.55. The van der Waals surface area contributed by atoms with Crippen LogP contribution in [0.1, 0.15) is 17.5 Å². The molecule has 4 rings (SSSR count).